The van der Waals surface area contributed by atoms with Crippen LogP contribution in [0.25, 0.3) is 0 Å². The van der Waals surface area contributed by atoms with E-state index in [4.69, 9.17) is 4.74 Å². The van der Waals surface area contributed by atoms with Crippen LogP contribution in [0.15, 0.2) is 42.5 Å². The lowest BCUT2D eigenvalue weighted by Crippen LogP contribution is -2.61. The summed E-state index contributed by atoms with van der Waals surface area (Å²) in [5.74, 6) is -0.748. The number of halogens is 4. The van der Waals surface area contributed by atoms with Crippen molar-refractivity contribution in [1.82, 2.24) is 9.80 Å². The highest BCUT2D eigenvalue weighted by atomic mass is 19.4. The van der Waals surface area contributed by atoms with Crippen LogP contribution in [0.2, 0.25) is 0 Å². The number of morpholine rings is 1. The molecule has 0 unspecified atom stereocenters. The van der Waals surface area contributed by atoms with Crippen LogP contribution in [0.1, 0.15) is 16.7 Å². The highest BCUT2D eigenvalue weighted by Crippen LogP contribution is 2.40. The molecule has 0 spiro atoms. The van der Waals surface area contributed by atoms with Crippen molar-refractivity contribution in [2.24, 2.45) is 5.92 Å². The van der Waals surface area contributed by atoms with Gasteiger partial charge >= 0.3 is 6.18 Å². The molecule has 0 radical (unpaired) electrons. The molecule has 0 aliphatic carbocycles. The molecule has 0 aromatic heterocycles. The van der Waals surface area contributed by atoms with Crippen LogP contribution in [0.5, 0.6) is 0 Å². The molecule has 34 heavy (non-hydrogen) atoms. The minimum Gasteiger partial charge on any atom is -0.378 e. The first-order valence-electron chi connectivity index (χ1n) is 11.6. The molecule has 5 rings (SSSR count). The second-order valence-corrected chi connectivity index (χ2v) is 9.21. The number of benzene rings is 2. The van der Waals surface area contributed by atoms with E-state index in [1.165, 1.54) is 18.2 Å². The number of hydrogen-bond donors (Lipinski definition) is 0. The SMILES string of the molecule is O=C([C@@H]1Cc2cc(C(F)(F)F)ccc2N2CCN(Cc3ccc(F)cc3)C[C@@H]12)N1CCOCC1. The molecule has 0 bridgehead atoms. The first-order valence-corrected chi connectivity index (χ1v) is 11.6. The molecule has 0 saturated carbocycles. The van der Waals surface area contributed by atoms with Crippen molar-refractivity contribution in [2.75, 3.05) is 50.8 Å². The van der Waals surface area contributed by atoms with Gasteiger partial charge in [0, 0.05) is 45.0 Å². The Morgan fingerprint density at radius 1 is 1.00 bits per heavy atom. The Balaban J connectivity index is 1.43. The van der Waals surface area contributed by atoms with E-state index >= 15 is 0 Å². The Morgan fingerprint density at radius 3 is 2.44 bits per heavy atom. The van der Waals surface area contributed by atoms with Crippen molar-refractivity contribution < 1.29 is 27.1 Å². The zero-order valence-electron chi connectivity index (χ0n) is 18.7. The standard InChI is InChI=1S/C25H27F4N3O2/c26-20-4-1-17(2-5-20)15-30-7-8-32-22-6-3-19(25(27,28)29)13-18(22)14-21(23(32)16-30)24(33)31-9-11-34-12-10-31/h1-6,13,21,23H,7-12,14-16H2/t21-,23+/m1/s1. The zero-order valence-corrected chi connectivity index (χ0v) is 18.7. The Labute approximate surface area is 195 Å². The fraction of sp³-hybridized carbons (Fsp3) is 0.480. The van der Waals surface area contributed by atoms with Crippen molar-refractivity contribution in [3.63, 3.8) is 0 Å². The zero-order chi connectivity index (χ0) is 23.9. The van der Waals surface area contributed by atoms with Crippen LogP contribution in [-0.2, 0) is 28.7 Å². The van der Waals surface area contributed by atoms with E-state index in [0.29, 0.717) is 58.0 Å². The predicted molar refractivity (Wildman–Crippen MR) is 119 cm³/mol. The maximum absolute atomic E-state index is 13.6. The van der Waals surface area contributed by atoms with Gasteiger partial charge in [0.15, 0.2) is 0 Å². The first-order chi connectivity index (χ1) is 16.3. The van der Waals surface area contributed by atoms with Gasteiger partial charge < -0.3 is 14.5 Å². The maximum Gasteiger partial charge on any atom is 0.416 e. The fourth-order valence-electron chi connectivity index (χ4n) is 5.35. The van der Waals surface area contributed by atoms with Crippen LogP contribution in [0.3, 0.4) is 0 Å². The lowest BCUT2D eigenvalue weighted by atomic mass is 9.82. The molecular weight excluding hydrogens is 450 g/mol. The van der Waals surface area contributed by atoms with E-state index in [1.54, 1.807) is 23.1 Å². The van der Waals surface area contributed by atoms with Crippen molar-refractivity contribution in [1.29, 1.82) is 0 Å². The van der Waals surface area contributed by atoms with Crippen LogP contribution in [-0.4, -0.2) is 67.7 Å². The molecule has 2 aromatic rings. The van der Waals surface area contributed by atoms with Crippen LogP contribution < -0.4 is 4.90 Å². The number of anilines is 1. The predicted octanol–water partition coefficient (Wildman–Crippen LogP) is 3.57. The third kappa shape index (κ3) is 4.63. The molecule has 3 heterocycles. The van der Waals surface area contributed by atoms with Gasteiger partial charge in [-0.3, -0.25) is 9.69 Å². The number of fused-ring (bicyclic) bond motifs is 3. The van der Waals surface area contributed by atoms with Gasteiger partial charge in [-0.05, 0) is 47.9 Å². The Hall–Kier alpha value is -2.65. The van der Waals surface area contributed by atoms with E-state index in [0.717, 1.165) is 17.3 Å². The van der Waals surface area contributed by atoms with Crippen LogP contribution >= 0.6 is 0 Å². The van der Waals surface area contributed by atoms with Gasteiger partial charge in [-0.2, -0.15) is 13.2 Å². The largest absolute Gasteiger partial charge is 0.416 e. The number of rotatable bonds is 3. The molecule has 182 valence electrons. The van der Waals surface area contributed by atoms with Crippen molar-refractivity contribution in [3.8, 4) is 0 Å². The molecule has 3 aliphatic rings. The lowest BCUT2D eigenvalue weighted by molar-refractivity contribution is -0.141. The van der Waals surface area contributed by atoms with E-state index in [-0.39, 0.29) is 24.2 Å². The van der Waals surface area contributed by atoms with Gasteiger partial charge in [-0.1, -0.05) is 12.1 Å². The number of hydrogen-bond acceptors (Lipinski definition) is 4. The summed E-state index contributed by atoms with van der Waals surface area (Å²) in [4.78, 5) is 19.7. The average molecular weight is 478 g/mol. The van der Waals surface area contributed by atoms with Gasteiger partial charge in [-0.25, -0.2) is 4.39 Å². The number of piperazine rings is 1. The normalized spacial score (nSPS) is 23.4. The van der Waals surface area contributed by atoms with Gasteiger partial charge in [0.25, 0.3) is 0 Å². The number of amides is 1. The Bertz CT molecular complexity index is 1040. The third-order valence-electron chi connectivity index (χ3n) is 7.08. The third-order valence-corrected chi connectivity index (χ3v) is 7.08. The molecule has 9 heteroatoms. The van der Waals surface area contributed by atoms with Crippen LogP contribution in [0, 0.1) is 11.7 Å². The molecule has 2 atom stereocenters. The van der Waals surface area contributed by atoms with E-state index in [9.17, 15) is 22.4 Å². The number of alkyl halides is 3. The number of ether oxygens (including phenoxy) is 1. The summed E-state index contributed by atoms with van der Waals surface area (Å²) in [5, 5.41) is 0. The van der Waals surface area contributed by atoms with Crippen LogP contribution in [0.4, 0.5) is 23.2 Å². The van der Waals surface area contributed by atoms with Gasteiger partial charge in [0.1, 0.15) is 5.82 Å². The summed E-state index contributed by atoms with van der Waals surface area (Å²) in [6, 6.07) is 10.1. The molecule has 1 amide bonds. The van der Waals surface area contributed by atoms with E-state index in [1.807, 2.05) is 0 Å². The molecule has 2 fully saturated rings. The fourth-order valence-corrected chi connectivity index (χ4v) is 5.35. The molecular formula is C25H27F4N3O2. The summed E-state index contributed by atoms with van der Waals surface area (Å²) in [6.07, 6.45) is -4.15. The van der Waals surface area contributed by atoms with E-state index < -0.39 is 17.7 Å². The Kier molecular flexibility index (Phi) is 6.24. The van der Waals surface area contributed by atoms with Crippen molar-refractivity contribution in [2.45, 2.75) is 25.2 Å². The summed E-state index contributed by atoms with van der Waals surface area (Å²) in [6.45, 7) is 4.48. The van der Waals surface area contributed by atoms with Crippen molar-refractivity contribution >= 4 is 11.6 Å². The summed E-state index contributed by atoms with van der Waals surface area (Å²) in [5.41, 5.74) is 1.66. The Morgan fingerprint density at radius 2 is 1.74 bits per heavy atom. The van der Waals surface area contributed by atoms with E-state index in [2.05, 4.69) is 9.80 Å². The quantitative estimate of drug-likeness (QED) is 0.634. The lowest BCUT2D eigenvalue weighted by Gasteiger charge is -2.50. The van der Waals surface area contributed by atoms with Crippen molar-refractivity contribution in [3.05, 3.63) is 65.0 Å². The summed E-state index contributed by atoms with van der Waals surface area (Å²) in [7, 11) is 0. The second-order valence-electron chi connectivity index (χ2n) is 9.21. The number of carbonyl (C=O) groups is 1. The van der Waals surface area contributed by atoms with Gasteiger partial charge in [0.2, 0.25) is 5.91 Å². The minimum atomic E-state index is -4.43. The van der Waals surface area contributed by atoms with Gasteiger partial charge in [-0.15, -0.1) is 0 Å². The summed E-state index contributed by atoms with van der Waals surface area (Å²) < 4.78 is 58.8. The smallest absolute Gasteiger partial charge is 0.378 e. The maximum atomic E-state index is 13.6. The molecule has 3 aliphatic heterocycles. The molecule has 2 aromatic carbocycles. The highest BCUT2D eigenvalue weighted by Gasteiger charge is 2.44. The molecule has 2 saturated heterocycles. The summed E-state index contributed by atoms with van der Waals surface area (Å²) >= 11 is 0. The number of nitrogens with zero attached hydrogens (tertiary/aromatic N) is 3. The second kappa shape index (κ2) is 9.19. The average Bonchev–Trinajstić information content (AvgIpc) is 2.84. The monoisotopic (exact) mass is 477 g/mol. The topological polar surface area (TPSA) is 36.0 Å². The molecule has 5 nitrogen and oxygen atoms in total. The van der Waals surface area contributed by atoms with Gasteiger partial charge in [0.05, 0.1) is 30.7 Å². The number of carbonyl (C=O) groups excluding carboxylic acids is 1. The minimum absolute atomic E-state index is 0.0232. The highest BCUT2D eigenvalue weighted by molar-refractivity contribution is 5.82. The first kappa shape index (κ1) is 23.1. The molecule has 0 N–H and O–H groups in total.